The van der Waals surface area contributed by atoms with Gasteiger partial charge in [-0.15, -0.1) is 0 Å². The van der Waals surface area contributed by atoms with E-state index >= 15 is 0 Å². The SMILES string of the molecule is Cc1ccc(CC(=O)Cc2ncnn2C)cc1. The Morgan fingerprint density at radius 2 is 1.94 bits per heavy atom. The van der Waals surface area contributed by atoms with E-state index in [9.17, 15) is 4.79 Å². The van der Waals surface area contributed by atoms with E-state index in [1.807, 2.05) is 31.2 Å². The van der Waals surface area contributed by atoms with Gasteiger partial charge in [0.2, 0.25) is 0 Å². The molecule has 1 aromatic carbocycles. The van der Waals surface area contributed by atoms with Gasteiger partial charge in [-0.2, -0.15) is 5.10 Å². The monoisotopic (exact) mass is 229 g/mol. The second-order valence-corrected chi connectivity index (χ2v) is 4.18. The Bertz CT molecular complexity index is 514. The third-order valence-electron chi connectivity index (χ3n) is 2.68. The summed E-state index contributed by atoms with van der Waals surface area (Å²) < 4.78 is 1.63. The molecule has 1 aromatic heterocycles. The summed E-state index contributed by atoms with van der Waals surface area (Å²) in [5.41, 5.74) is 2.25. The second kappa shape index (κ2) is 4.91. The maximum Gasteiger partial charge on any atom is 0.144 e. The van der Waals surface area contributed by atoms with Crippen LogP contribution in [-0.4, -0.2) is 20.5 Å². The molecule has 0 atom stereocenters. The predicted molar refractivity (Wildman–Crippen MR) is 64.6 cm³/mol. The minimum Gasteiger partial charge on any atom is -0.299 e. The quantitative estimate of drug-likeness (QED) is 0.797. The number of aryl methyl sites for hydroxylation is 2. The number of carbonyl (C=O) groups excluding carboxylic acids is 1. The summed E-state index contributed by atoms with van der Waals surface area (Å²) in [5, 5.41) is 3.94. The van der Waals surface area contributed by atoms with Gasteiger partial charge in [0.05, 0.1) is 6.42 Å². The molecule has 0 N–H and O–H groups in total. The van der Waals surface area contributed by atoms with Crippen LogP contribution in [0.5, 0.6) is 0 Å². The van der Waals surface area contributed by atoms with Gasteiger partial charge < -0.3 is 0 Å². The number of ketones is 1. The van der Waals surface area contributed by atoms with Crippen molar-refractivity contribution in [2.75, 3.05) is 0 Å². The van der Waals surface area contributed by atoms with E-state index in [0.29, 0.717) is 18.7 Å². The first-order valence-electron chi connectivity index (χ1n) is 5.55. The molecule has 0 saturated carbocycles. The van der Waals surface area contributed by atoms with Crippen LogP contribution in [0.25, 0.3) is 0 Å². The molecule has 0 aliphatic carbocycles. The predicted octanol–water partition coefficient (Wildman–Crippen LogP) is 1.48. The van der Waals surface area contributed by atoms with Crippen LogP contribution >= 0.6 is 0 Å². The molecular formula is C13H15N3O. The van der Waals surface area contributed by atoms with E-state index in [4.69, 9.17) is 0 Å². The van der Waals surface area contributed by atoms with Crippen LogP contribution in [0, 0.1) is 6.92 Å². The first kappa shape index (κ1) is 11.5. The zero-order chi connectivity index (χ0) is 12.3. The van der Waals surface area contributed by atoms with Crippen LogP contribution in [0.3, 0.4) is 0 Å². The Hall–Kier alpha value is -1.97. The van der Waals surface area contributed by atoms with Gasteiger partial charge in [0.15, 0.2) is 0 Å². The molecular weight excluding hydrogens is 214 g/mol. The van der Waals surface area contributed by atoms with Gasteiger partial charge in [-0.1, -0.05) is 29.8 Å². The number of carbonyl (C=O) groups is 1. The largest absolute Gasteiger partial charge is 0.299 e. The Morgan fingerprint density at radius 3 is 2.53 bits per heavy atom. The molecule has 0 spiro atoms. The molecule has 0 aliphatic rings. The zero-order valence-electron chi connectivity index (χ0n) is 10.1. The van der Waals surface area contributed by atoms with Gasteiger partial charge in [-0.3, -0.25) is 9.48 Å². The van der Waals surface area contributed by atoms with Crippen molar-refractivity contribution in [1.29, 1.82) is 0 Å². The van der Waals surface area contributed by atoms with Crippen molar-refractivity contribution in [1.82, 2.24) is 14.8 Å². The highest BCUT2D eigenvalue weighted by Gasteiger charge is 2.08. The molecule has 2 aromatic rings. The fraction of sp³-hybridized carbons (Fsp3) is 0.308. The van der Waals surface area contributed by atoms with Gasteiger partial charge in [-0.05, 0) is 12.5 Å². The first-order valence-corrected chi connectivity index (χ1v) is 5.55. The molecule has 0 radical (unpaired) electrons. The van der Waals surface area contributed by atoms with Crippen molar-refractivity contribution >= 4 is 5.78 Å². The standard InChI is InChI=1S/C13H15N3O/c1-10-3-5-11(6-4-10)7-12(17)8-13-14-9-15-16(13)2/h3-6,9H,7-8H2,1-2H3. The fourth-order valence-electron chi connectivity index (χ4n) is 1.65. The topological polar surface area (TPSA) is 47.8 Å². The van der Waals surface area contributed by atoms with Crippen LogP contribution < -0.4 is 0 Å². The summed E-state index contributed by atoms with van der Waals surface area (Å²) in [4.78, 5) is 15.9. The molecule has 0 unspecified atom stereocenters. The fourth-order valence-corrected chi connectivity index (χ4v) is 1.65. The smallest absolute Gasteiger partial charge is 0.144 e. The number of hydrogen-bond acceptors (Lipinski definition) is 3. The molecule has 0 saturated heterocycles. The third kappa shape index (κ3) is 3.00. The molecule has 88 valence electrons. The Balaban J connectivity index is 1.98. The highest BCUT2D eigenvalue weighted by molar-refractivity contribution is 5.82. The summed E-state index contributed by atoms with van der Waals surface area (Å²) in [5.74, 6) is 0.868. The second-order valence-electron chi connectivity index (χ2n) is 4.18. The highest BCUT2D eigenvalue weighted by atomic mass is 16.1. The Kier molecular flexibility index (Phi) is 3.32. The van der Waals surface area contributed by atoms with Gasteiger partial charge in [-0.25, -0.2) is 4.98 Å². The molecule has 0 fully saturated rings. The van der Waals surface area contributed by atoms with Crippen LogP contribution in [0.15, 0.2) is 30.6 Å². The van der Waals surface area contributed by atoms with Crippen LogP contribution in [0.2, 0.25) is 0 Å². The van der Waals surface area contributed by atoms with E-state index < -0.39 is 0 Å². The lowest BCUT2D eigenvalue weighted by molar-refractivity contribution is -0.117. The lowest BCUT2D eigenvalue weighted by Crippen LogP contribution is -2.11. The third-order valence-corrected chi connectivity index (χ3v) is 2.68. The molecule has 4 nitrogen and oxygen atoms in total. The number of nitrogens with zero attached hydrogens (tertiary/aromatic N) is 3. The molecule has 4 heteroatoms. The maximum absolute atomic E-state index is 11.8. The van der Waals surface area contributed by atoms with Crippen LogP contribution in [0.4, 0.5) is 0 Å². The minimum atomic E-state index is 0.157. The molecule has 0 aliphatic heterocycles. The van der Waals surface area contributed by atoms with Crippen molar-refractivity contribution in [2.45, 2.75) is 19.8 Å². The van der Waals surface area contributed by atoms with Crippen LogP contribution in [0.1, 0.15) is 17.0 Å². The lowest BCUT2D eigenvalue weighted by Gasteiger charge is -2.02. The number of hydrogen-bond donors (Lipinski definition) is 0. The van der Waals surface area contributed by atoms with E-state index in [1.54, 1.807) is 11.7 Å². The number of aromatic nitrogens is 3. The average molecular weight is 229 g/mol. The van der Waals surface area contributed by atoms with E-state index in [0.717, 1.165) is 5.56 Å². The van der Waals surface area contributed by atoms with Gasteiger partial charge in [0, 0.05) is 13.5 Å². The summed E-state index contributed by atoms with van der Waals surface area (Å²) in [6.45, 7) is 2.03. The van der Waals surface area contributed by atoms with Crippen molar-refractivity contribution < 1.29 is 4.79 Å². The summed E-state index contributed by atoms with van der Waals surface area (Å²) in [6, 6.07) is 8.02. The van der Waals surface area contributed by atoms with Crippen LogP contribution in [-0.2, 0) is 24.7 Å². The van der Waals surface area contributed by atoms with Gasteiger partial charge in [0.25, 0.3) is 0 Å². The van der Waals surface area contributed by atoms with Crippen molar-refractivity contribution in [2.24, 2.45) is 7.05 Å². The molecule has 2 rings (SSSR count). The molecule has 17 heavy (non-hydrogen) atoms. The number of rotatable bonds is 4. The van der Waals surface area contributed by atoms with E-state index in [2.05, 4.69) is 10.1 Å². The maximum atomic E-state index is 11.8. The van der Waals surface area contributed by atoms with Gasteiger partial charge >= 0.3 is 0 Å². The van der Waals surface area contributed by atoms with Crippen molar-refractivity contribution in [3.8, 4) is 0 Å². The van der Waals surface area contributed by atoms with Gasteiger partial charge in [0.1, 0.15) is 17.9 Å². The summed E-state index contributed by atoms with van der Waals surface area (Å²) in [6.07, 6.45) is 2.26. The van der Waals surface area contributed by atoms with Crippen molar-refractivity contribution in [3.63, 3.8) is 0 Å². The number of Topliss-reactive ketones (excluding diaryl/α,β-unsaturated/α-hetero) is 1. The average Bonchev–Trinajstić information content (AvgIpc) is 2.68. The highest BCUT2D eigenvalue weighted by Crippen LogP contribution is 2.06. The lowest BCUT2D eigenvalue weighted by atomic mass is 10.1. The minimum absolute atomic E-state index is 0.157. The number of benzene rings is 1. The Labute approximate surface area is 100 Å². The normalized spacial score (nSPS) is 10.5. The first-order chi connectivity index (χ1) is 8.15. The van der Waals surface area contributed by atoms with E-state index in [1.165, 1.54) is 11.9 Å². The molecule has 1 heterocycles. The Morgan fingerprint density at radius 1 is 1.24 bits per heavy atom. The molecule has 0 amide bonds. The van der Waals surface area contributed by atoms with Crippen molar-refractivity contribution in [3.05, 3.63) is 47.5 Å². The summed E-state index contributed by atoms with van der Waals surface area (Å²) >= 11 is 0. The molecule has 0 bridgehead atoms. The summed E-state index contributed by atoms with van der Waals surface area (Å²) in [7, 11) is 1.79. The van der Waals surface area contributed by atoms with E-state index in [-0.39, 0.29) is 5.78 Å². The zero-order valence-corrected chi connectivity index (χ0v) is 10.1.